The Hall–Kier alpha value is -2.40. The van der Waals surface area contributed by atoms with Gasteiger partial charge >= 0.3 is 5.97 Å². The minimum atomic E-state index is -0.824. The molecule has 21 heavy (non-hydrogen) atoms. The lowest BCUT2D eigenvalue weighted by Crippen LogP contribution is -2.25. The highest BCUT2D eigenvalue weighted by atomic mass is 16.5. The summed E-state index contributed by atoms with van der Waals surface area (Å²) in [7, 11) is 1.78. The van der Waals surface area contributed by atoms with Gasteiger partial charge in [0.25, 0.3) is 0 Å². The molecule has 0 aliphatic carbocycles. The van der Waals surface area contributed by atoms with E-state index in [4.69, 9.17) is 9.84 Å². The van der Waals surface area contributed by atoms with Gasteiger partial charge in [-0.05, 0) is 42.4 Å². The van der Waals surface area contributed by atoms with Crippen LogP contribution < -0.4 is 4.74 Å². The lowest BCUT2D eigenvalue weighted by atomic mass is 10.2. The van der Waals surface area contributed by atoms with Gasteiger partial charge in [-0.3, -0.25) is 14.7 Å². The van der Waals surface area contributed by atoms with Crippen molar-refractivity contribution in [3.8, 4) is 5.75 Å². The summed E-state index contributed by atoms with van der Waals surface area (Å²) in [5.41, 5.74) is 2.12. The van der Waals surface area contributed by atoms with Crippen LogP contribution in [0.15, 0.2) is 48.8 Å². The SMILES string of the molecule is CN(CC(=O)O)Cc1ccc(OCc2ccncc2)cc1. The largest absolute Gasteiger partial charge is 0.489 e. The van der Waals surface area contributed by atoms with Gasteiger partial charge in [0.05, 0.1) is 6.54 Å². The summed E-state index contributed by atoms with van der Waals surface area (Å²) in [6, 6.07) is 11.5. The van der Waals surface area contributed by atoms with Gasteiger partial charge in [-0.15, -0.1) is 0 Å². The van der Waals surface area contributed by atoms with E-state index in [9.17, 15) is 4.79 Å². The molecule has 0 unspecified atom stereocenters. The second-order valence-electron chi connectivity index (χ2n) is 4.85. The molecule has 0 amide bonds. The molecular weight excluding hydrogens is 268 g/mol. The predicted octanol–water partition coefficient (Wildman–Crippen LogP) is 2.18. The third-order valence-corrected chi connectivity index (χ3v) is 2.94. The third-order valence-electron chi connectivity index (χ3n) is 2.94. The zero-order chi connectivity index (χ0) is 15.1. The molecule has 1 aromatic carbocycles. The van der Waals surface area contributed by atoms with E-state index in [-0.39, 0.29) is 6.54 Å². The van der Waals surface area contributed by atoms with Crippen molar-refractivity contribution in [2.45, 2.75) is 13.2 Å². The molecule has 2 rings (SSSR count). The summed E-state index contributed by atoms with van der Waals surface area (Å²) < 4.78 is 5.68. The molecule has 5 heteroatoms. The number of benzene rings is 1. The molecule has 0 bridgehead atoms. The van der Waals surface area contributed by atoms with Crippen LogP contribution in [0, 0.1) is 0 Å². The van der Waals surface area contributed by atoms with E-state index < -0.39 is 5.97 Å². The van der Waals surface area contributed by atoms with Gasteiger partial charge in [-0.1, -0.05) is 12.1 Å². The quantitative estimate of drug-likeness (QED) is 0.845. The Morgan fingerprint density at radius 3 is 2.43 bits per heavy atom. The summed E-state index contributed by atoms with van der Waals surface area (Å²) in [6.07, 6.45) is 3.47. The van der Waals surface area contributed by atoms with Crippen LogP contribution in [0.5, 0.6) is 5.75 Å². The van der Waals surface area contributed by atoms with Crippen molar-refractivity contribution in [2.24, 2.45) is 0 Å². The summed E-state index contributed by atoms with van der Waals surface area (Å²) in [6.45, 7) is 1.12. The van der Waals surface area contributed by atoms with Crippen molar-refractivity contribution in [3.05, 3.63) is 59.9 Å². The molecule has 110 valence electrons. The second-order valence-corrected chi connectivity index (χ2v) is 4.85. The minimum Gasteiger partial charge on any atom is -0.489 e. The number of aliphatic carboxylic acids is 1. The number of carboxylic acid groups (broad SMARTS) is 1. The summed E-state index contributed by atoms with van der Waals surface area (Å²) in [4.78, 5) is 16.3. The maximum atomic E-state index is 10.6. The highest BCUT2D eigenvalue weighted by Gasteiger charge is 2.05. The van der Waals surface area contributed by atoms with Crippen molar-refractivity contribution in [2.75, 3.05) is 13.6 Å². The standard InChI is InChI=1S/C16H18N2O3/c1-18(11-16(19)20)10-13-2-4-15(5-3-13)21-12-14-6-8-17-9-7-14/h2-9H,10-12H2,1H3,(H,19,20). The van der Waals surface area contributed by atoms with E-state index in [1.807, 2.05) is 36.4 Å². The van der Waals surface area contributed by atoms with Gasteiger partial charge in [0, 0.05) is 18.9 Å². The topological polar surface area (TPSA) is 62.7 Å². The van der Waals surface area contributed by atoms with Crippen LogP contribution in [0.1, 0.15) is 11.1 Å². The molecule has 0 fully saturated rings. The molecule has 2 aromatic rings. The highest BCUT2D eigenvalue weighted by molar-refractivity contribution is 5.69. The summed E-state index contributed by atoms with van der Waals surface area (Å²) in [5, 5.41) is 8.72. The maximum absolute atomic E-state index is 10.6. The van der Waals surface area contributed by atoms with Crippen LogP contribution in [-0.4, -0.2) is 34.6 Å². The van der Waals surface area contributed by atoms with Crippen LogP contribution in [0.25, 0.3) is 0 Å². The van der Waals surface area contributed by atoms with E-state index in [1.54, 1.807) is 24.3 Å². The fourth-order valence-electron chi connectivity index (χ4n) is 1.94. The fourth-order valence-corrected chi connectivity index (χ4v) is 1.94. The van der Waals surface area contributed by atoms with Crippen molar-refractivity contribution in [3.63, 3.8) is 0 Å². The number of hydrogen-bond acceptors (Lipinski definition) is 4. The van der Waals surface area contributed by atoms with Gasteiger partial charge < -0.3 is 9.84 Å². The number of carbonyl (C=O) groups is 1. The maximum Gasteiger partial charge on any atom is 0.317 e. The average Bonchev–Trinajstić information content (AvgIpc) is 2.47. The summed E-state index contributed by atoms with van der Waals surface area (Å²) in [5.74, 6) is -0.0359. The van der Waals surface area contributed by atoms with E-state index in [1.165, 1.54) is 0 Å². The lowest BCUT2D eigenvalue weighted by Gasteiger charge is -2.14. The molecule has 1 heterocycles. The molecule has 0 atom stereocenters. The Morgan fingerprint density at radius 1 is 1.14 bits per heavy atom. The molecular formula is C16H18N2O3. The van der Waals surface area contributed by atoms with E-state index >= 15 is 0 Å². The number of rotatable bonds is 7. The molecule has 0 aliphatic rings. The van der Waals surface area contributed by atoms with Crippen molar-refractivity contribution in [1.29, 1.82) is 0 Å². The van der Waals surface area contributed by atoms with Gasteiger partial charge in [-0.25, -0.2) is 0 Å². The number of likely N-dealkylation sites (N-methyl/N-ethyl adjacent to an activating group) is 1. The Morgan fingerprint density at radius 2 is 1.81 bits per heavy atom. The highest BCUT2D eigenvalue weighted by Crippen LogP contribution is 2.15. The van der Waals surface area contributed by atoms with Crippen LogP contribution >= 0.6 is 0 Å². The Bertz CT molecular complexity index is 570. The van der Waals surface area contributed by atoms with Crippen LogP contribution in [0.4, 0.5) is 0 Å². The lowest BCUT2D eigenvalue weighted by molar-refractivity contribution is -0.138. The summed E-state index contributed by atoms with van der Waals surface area (Å²) >= 11 is 0. The van der Waals surface area contributed by atoms with Gasteiger partial charge in [0.2, 0.25) is 0 Å². The van der Waals surface area contributed by atoms with E-state index in [0.29, 0.717) is 13.2 Å². The number of pyridine rings is 1. The third kappa shape index (κ3) is 5.24. The first kappa shape index (κ1) is 15.0. The number of nitrogens with zero attached hydrogens (tertiary/aromatic N) is 2. The number of hydrogen-bond donors (Lipinski definition) is 1. The first-order valence-corrected chi connectivity index (χ1v) is 6.64. The first-order chi connectivity index (χ1) is 10.1. The molecule has 0 spiro atoms. The predicted molar refractivity (Wildman–Crippen MR) is 79.0 cm³/mol. The average molecular weight is 286 g/mol. The molecule has 0 saturated carbocycles. The Labute approximate surface area is 123 Å². The zero-order valence-electron chi connectivity index (χ0n) is 11.9. The molecule has 1 N–H and O–H groups in total. The molecule has 5 nitrogen and oxygen atoms in total. The second kappa shape index (κ2) is 7.40. The first-order valence-electron chi connectivity index (χ1n) is 6.64. The monoisotopic (exact) mass is 286 g/mol. The fraction of sp³-hybridized carbons (Fsp3) is 0.250. The molecule has 0 radical (unpaired) electrons. The van der Waals surface area contributed by atoms with Crippen molar-refractivity contribution < 1.29 is 14.6 Å². The molecule has 0 aliphatic heterocycles. The van der Waals surface area contributed by atoms with Crippen molar-refractivity contribution >= 4 is 5.97 Å². The van der Waals surface area contributed by atoms with Gasteiger partial charge in [-0.2, -0.15) is 0 Å². The van der Waals surface area contributed by atoms with Crippen LogP contribution in [-0.2, 0) is 17.9 Å². The smallest absolute Gasteiger partial charge is 0.317 e. The van der Waals surface area contributed by atoms with Crippen LogP contribution in [0.2, 0.25) is 0 Å². The normalized spacial score (nSPS) is 10.6. The van der Waals surface area contributed by atoms with Gasteiger partial charge in [0.15, 0.2) is 0 Å². The minimum absolute atomic E-state index is 0.0281. The Balaban J connectivity index is 1.85. The number of aromatic nitrogens is 1. The van der Waals surface area contributed by atoms with E-state index in [0.717, 1.165) is 16.9 Å². The van der Waals surface area contributed by atoms with Crippen molar-refractivity contribution in [1.82, 2.24) is 9.88 Å². The zero-order valence-corrected chi connectivity index (χ0v) is 11.9. The molecule has 0 saturated heterocycles. The Kier molecular flexibility index (Phi) is 5.29. The molecule has 1 aromatic heterocycles. The number of carboxylic acids is 1. The van der Waals surface area contributed by atoms with Gasteiger partial charge in [0.1, 0.15) is 12.4 Å². The number of ether oxygens (including phenoxy) is 1. The van der Waals surface area contributed by atoms with E-state index in [2.05, 4.69) is 4.98 Å². The van der Waals surface area contributed by atoms with Crippen LogP contribution in [0.3, 0.4) is 0 Å².